The van der Waals surface area contributed by atoms with Crippen LogP contribution in [-0.2, 0) is 9.53 Å². The molecule has 1 saturated heterocycles. The fraction of sp³-hybridized carbons (Fsp3) is 0.368. The summed E-state index contributed by atoms with van der Waals surface area (Å²) in [4.78, 5) is 18.6. The van der Waals surface area contributed by atoms with Gasteiger partial charge in [0.05, 0.1) is 25.1 Å². The molecule has 6 heteroatoms. The van der Waals surface area contributed by atoms with E-state index in [2.05, 4.69) is 21.3 Å². The normalized spacial score (nSPS) is 14.2. The second-order valence-corrected chi connectivity index (χ2v) is 6.16. The van der Waals surface area contributed by atoms with Crippen molar-refractivity contribution in [1.82, 2.24) is 4.98 Å². The minimum atomic E-state index is -0.208. The molecule has 0 saturated carbocycles. The molecule has 6 nitrogen and oxygen atoms in total. The van der Waals surface area contributed by atoms with E-state index >= 15 is 0 Å². The summed E-state index contributed by atoms with van der Waals surface area (Å²) in [5.74, 6) is 1.39. The predicted octanol–water partition coefficient (Wildman–Crippen LogP) is 2.55. The highest BCUT2D eigenvalue weighted by molar-refractivity contribution is 5.91. The van der Waals surface area contributed by atoms with E-state index in [1.807, 2.05) is 38.1 Å². The number of hydrogen-bond acceptors (Lipinski definition) is 5. The van der Waals surface area contributed by atoms with Crippen LogP contribution >= 0.6 is 0 Å². The molecule has 0 radical (unpaired) electrons. The molecule has 2 heterocycles. The monoisotopic (exact) mass is 341 g/mol. The van der Waals surface area contributed by atoms with E-state index < -0.39 is 0 Å². The fourth-order valence-corrected chi connectivity index (χ4v) is 2.80. The number of carbonyl (C=O) groups excluding carboxylic acids is 1. The molecule has 1 aromatic carbocycles. The second-order valence-electron chi connectivity index (χ2n) is 6.16. The van der Waals surface area contributed by atoms with Crippen molar-refractivity contribution in [3.05, 3.63) is 47.7 Å². The molecule has 132 valence electrons. The predicted molar refractivity (Wildman–Crippen MR) is 97.3 cm³/mol. The number of pyridine rings is 1. The van der Waals surface area contributed by atoms with Crippen molar-refractivity contribution in [3.8, 4) is 5.75 Å². The average Bonchev–Trinajstić information content (AvgIpc) is 2.61. The lowest BCUT2D eigenvalue weighted by Crippen LogP contribution is -2.36. The zero-order valence-corrected chi connectivity index (χ0v) is 14.6. The number of morpholine rings is 1. The van der Waals surface area contributed by atoms with Crippen molar-refractivity contribution >= 4 is 17.4 Å². The first-order valence-electron chi connectivity index (χ1n) is 8.40. The van der Waals surface area contributed by atoms with Crippen LogP contribution in [0.3, 0.4) is 0 Å². The van der Waals surface area contributed by atoms with Crippen LogP contribution in [0.25, 0.3) is 0 Å². The number of ether oxygens (including phenoxy) is 2. The van der Waals surface area contributed by atoms with Gasteiger partial charge in [0.2, 0.25) is 0 Å². The lowest BCUT2D eigenvalue weighted by atomic mass is 10.1. The Morgan fingerprint density at radius 1 is 1.20 bits per heavy atom. The third kappa shape index (κ3) is 4.93. The van der Waals surface area contributed by atoms with Crippen LogP contribution in [-0.4, -0.2) is 43.8 Å². The Hall–Kier alpha value is -2.60. The first kappa shape index (κ1) is 17.2. The van der Waals surface area contributed by atoms with Gasteiger partial charge in [-0.1, -0.05) is 6.07 Å². The number of anilines is 2. The van der Waals surface area contributed by atoms with Gasteiger partial charge >= 0.3 is 0 Å². The fourth-order valence-electron chi connectivity index (χ4n) is 2.80. The first-order chi connectivity index (χ1) is 12.1. The number of hydrogen-bond donors (Lipinski definition) is 1. The molecule has 0 unspecified atom stereocenters. The molecular weight excluding hydrogens is 318 g/mol. The van der Waals surface area contributed by atoms with Crippen molar-refractivity contribution < 1.29 is 14.3 Å². The summed E-state index contributed by atoms with van der Waals surface area (Å²) in [6.45, 7) is 7.08. The molecule has 1 aliphatic heterocycles. The van der Waals surface area contributed by atoms with Crippen molar-refractivity contribution in [2.45, 2.75) is 13.8 Å². The highest BCUT2D eigenvalue weighted by Gasteiger charge is 2.12. The largest absolute Gasteiger partial charge is 0.484 e. The van der Waals surface area contributed by atoms with E-state index in [0.717, 1.165) is 43.2 Å². The smallest absolute Gasteiger partial charge is 0.262 e. The van der Waals surface area contributed by atoms with Gasteiger partial charge in [-0.25, -0.2) is 4.98 Å². The molecule has 1 fully saturated rings. The Kier molecular flexibility index (Phi) is 5.50. The maximum atomic E-state index is 12.1. The van der Waals surface area contributed by atoms with Gasteiger partial charge in [-0.3, -0.25) is 4.79 Å². The molecule has 1 aromatic heterocycles. The maximum Gasteiger partial charge on any atom is 0.262 e. The van der Waals surface area contributed by atoms with E-state index in [9.17, 15) is 4.79 Å². The standard InChI is InChI=1S/C19H23N3O3/c1-14-9-15(2)11-17(10-14)25-13-19(23)21-16-3-4-18(20-12-16)22-5-7-24-8-6-22/h3-4,9-12H,5-8,13H2,1-2H3,(H,21,23). The number of nitrogens with zero attached hydrogens (tertiary/aromatic N) is 2. The minimum Gasteiger partial charge on any atom is -0.484 e. The molecule has 0 atom stereocenters. The third-order valence-corrected chi connectivity index (χ3v) is 3.93. The minimum absolute atomic E-state index is 0.0336. The number of benzene rings is 1. The lowest BCUT2D eigenvalue weighted by molar-refractivity contribution is -0.118. The van der Waals surface area contributed by atoms with Gasteiger partial charge in [-0.15, -0.1) is 0 Å². The van der Waals surface area contributed by atoms with Crippen LogP contribution in [0.1, 0.15) is 11.1 Å². The average molecular weight is 341 g/mol. The van der Waals surface area contributed by atoms with E-state index in [0.29, 0.717) is 11.4 Å². The van der Waals surface area contributed by atoms with Gasteiger partial charge in [0.25, 0.3) is 5.91 Å². The van der Waals surface area contributed by atoms with Gasteiger partial charge in [0.1, 0.15) is 11.6 Å². The number of carbonyl (C=O) groups is 1. The number of aromatic nitrogens is 1. The first-order valence-corrected chi connectivity index (χ1v) is 8.40. The third-order valence-electron chi connectivity index (χ3n) is 3.93. The van der Waals surface area contributed by atoms with E-state index in [4.69, 9.17) is 9.47 Å². The SMILES string of the molecule is Cc1cc(C)cc(OCC(=O)Nc2ccc(N3CCOCC3)nc2)c1. The van der Waals surface area contributed by atoms with Gasteiger partial charge in [0.15, 0.2) is 6.61 Å². The Morgan fingerprint density at radius 2 is 1.92 bits per heavy atom. The molecule has 2 aromatic rings. The van der Waals surface area contributed by atoms with Crippen molar-refractivity contribution in [2.24, 2.45) is 0 Å². The van der Waals surface area contributed by atoms with Gasteiger partial charge < -0.3 is 19.7 Å². The second kappa shape index (κ2) is 7.98. The number of nitrogens with one attached hydrogen (secondary N) is 1. The summed E-state index contributed by atoms with van der Waals surface area (Å²) in [7, 11) is 0. The molecule has 0 bridgehead atoms. The number of rotatable bonds is 5. The van der Waals surface area contributed by atoms with Crippen LogP contribution in [0.2, 0.25) is 0 Å². The lowest BCUT2D eigenvalue weighted by Gasteiger charge is -2.27. The zero-order valence-electron chi connectivity index (χ0n) is 14.6. The Bertz CT molecular complexity index is 705. The maximum absolute atomic E-state index is 12.1. The molecule has 0 spiro atoms. The summed E-state index contributed by atoms with van der Waals surface area (Å²) in [6.07, 6.45) is 1.67. The van der Waals surface area contributed by atoms with Gasteiger partial charge in [-0.05, 0) is 49.2 Å². The van der Waals surface area contributed by atoms with Crippen LogP contribution in [0.15, 0.2) is 36.5 Å². The molecule has 1 amide bonds. The molecule has 1 aliphatic rings. The Morgan fingerprint density at radius 3 is 2.56 bits per heavy atom. The van der Waals surface area contributed by atoms with Crippen LogP contribution < -0.4 is 15.0 Å². The van der Waals surface area contributed by atoms with Crippen molar-refractivity contribution in [1.29, 1.82) is 0 Å². The summed E-state index contributed by atoms with van der Waals surface area (Å²) in [5, 5.41) is 2.80. The molecule has 3 rings (SSSR count). The topological polar surface area (TPSA) is 63.7 Å². The summed E-state index contributed by atoms with van der Waals surface area (Å²) >= 11 is 0. The number of amides is 1. The van der Waals surface area contributed by atoms with E-state index in [1.54, 1.807) is 6.20 Å². The molecule has 1 N–H and O–H groups in total. The van der Waals surface area contributed by atoms with Crippen LogP contribution in [0.5, 0.6) is 5.75 Å². The van der Waals surface area contributed by atoms with Crippen molar-refractivity contribution in [2.75, 3.05) is 43.1 Å². The highest BCUT2D eigenvalue weighted by atomic mass is 16.5. The number of aryl methyl sites for hydroxylation is 2. The zero-order chi connectivity index (χ0) is 17.6. The summed E-state index contributed by atoms with van der Waals surface area (Å²) in [5.41, 5.74) is 2.88. The van der Waals surface area contributed by atoms with E-state index in [1.165, 1.54) is 0 Å². The van der Waals surface area contributed by atoms with Gasteiger partial charge in [-0.2, -0.15) is 0 Å². The highest BCUT2D eigenvalue weighted by Crippen LogP contribution is 2.17. The quantitative estimate of drug-likeness (QED) is 0.905. The van der Waals surface area contributed by atoms with Gasteiger partial charge in [0, 0.05) is 13.1 Å². The molecule has 25 heavy (non-hydrogen) atoms. The molecule has 0 aliphatic carbocycles. The van der Waals surface area contributed by atoms with Crippen molar-refractivity contribution in [3.63, 3.8) is 0 Å². The Balaban J connectivity index is 1.52. The van der Waals surface area contributed by atoms with E-state index in [-0.39, 0.29) is 12.5 Å². The summed E-state index contributed by atoms with van der Waals surface area (Å²) in [6, 6.07) is 9.66. The summed E-state index contributed by atoms with van der Waals surface area (Å²) < 4.78 is 10.9. The van der Waals surface area contributed by atoms with Crippen LogP contribution in [0.4, 0.5) is 11.5 Å². The Labute approximate surface area is 147 Å². The molecular formula is C19H23N3O3. The van der Waals surface area contributed by atoms with Crippen LogP contribution in [0, 0.1) is 13.8 Å².